The number of hydrogen-bond donors (Lipinski definition) is 0. The van der Waals surface area contributed by atoms with Crippen LogP contribution in [0.5, 0.6) is 0 Å². The molecule has 28 heavy (non-hydrogen) atoms. The van der Waals surface area contributed by atoms with Crippen LogP contribution in [-0.2, 0) is 6.42 Å². The quantitative estimate of drug-likeness (QED) is 0.687. The smallest absolute Gasteiger partial charge is 0.267 e. The summed E-state index contributed by atoms with van der Waals surface area (Å²) in [6.45, 7) is 2.03. The summed E-state index contributed by atoms with van der Waals surface area (Å²) in [6.07, 6.45) is 2.49. The van der Waals surface area contributed by atoms with Gasteiger partial charge in [0, 0.05) is 6.07 Å². The molecule has 0 bridgehead atoms. The first kappa shape index (κ1) is 19.2. The van der Waals surface area contributed by atoms with Crippen molar-refractivity contribution in [2.45, 2.75) is 13.3 Å². The molecule has 0 unspecified atom stereocenters. The van der Waals surface area contributed by atoms with E-state index < -0.39 is 17.2 Å². The predicted octanol–water partition coefficient (Wildman–Crippen LogP) is 2.77. The van der Waals surface area contributed by atoms with Crippen LogP contribution in [0.1, 0.15) is 18.1 Å². The van der Waals surface area contributed by atoms with E-state index in [9.17, 15) is 24.1 Å². The van der Waals surface area contributed by atoms with E-state index in [1.165, 1.54) is 0 Å². The molecule has 0 aliphatic rings. The van der Waals surface area contributed by atoms with Gasteiger partial charge in [-0.15, -0.1) is 11.3 Å². The molecule has 0 aliphatic heterocycles. The van der Waals surface area contributed by atoms with E-state index >= 15 is 0 Å². The van der Waals surface area contributed by atoms with Crippen LogP contribution in [0.25, 0.3) is 17.3 Å². The van der Waals surface area contributed by atoms with Crippen molar-refractivity contribution in [2.24, 2.45) is 0 Å². The molecule has 0 fully saturated rings. The number of rotatable bonds is 3. The third kappa shape index (κ3) is 3.62. The van der Waals surface area contributed by atoms with Crippen molar-refractivity contribution < 1.29 is 8.78 Å². The molecule has 138 valence electrons. The van der Waals surface area contributed by atoms with Gasteiger partial charge in [-0.25, -0.2) is 8.78 Å². The molecule has 1 heterocycles. The number of aryl methyl sites for hydroxylation is 1. The van der Waals surface area contributed by atoms with Gasteiger partial charge in [-0.05, 0) is 35.8 Å². The van der Waals surface area contributed by atoms with E-state index in [0.717, 1.165) is 45.6 Å². The molecule has 0 atom stereocenters. The van der Waals surface area contributed by atoms with Gasteiger partial charge in [0.05, 0.1) is 10.2 Å². The normalized spacial score (nSPS) is 11.1. The van der Waals surface area contributed by atoms with Gasteiger partial charge in [-0.2, -0.15) is 10.5 Å². The Morgan fingerprint density at radius 3 is 2.39 bits per heavy atom. The number of nitrogens with zero attached hydrogens (tertiary/aromatic N) is 3. The molecule has 0 amide bonds. The van der Waals surface area contributed by atoms with Crippen molar-refractivity contribution in [3.8, 4) is 17.8 Å². The largest absolute Gasteiger partial charge is 0.273 e. The standard InChI is InChI=1S/C21H13F2N3OS/c1-2-13-3-5-14(6-4-13)9-19-20(27)26(21(28-19)15(11-24)12-25)18-8-7-16(22)10-17(18)23/h3-10H,2H2,1H3/b19-9-. The van der Waals surface area contributed by atoms with Crippen molar-refractivity contribution in [2.75, 3.05) is 0 Å². The van der Waals surface area contributed by atoms with Gasteiger partial charge in [0.25, 0.3) is 5.56 Å². The Balaban J connectivity index is 2.35. The fourth-order valence-electron chi connectivity index (χ4n) is 2.65. The van der Waals surface area contributed by atoms with Crippen LogP contribution in [0.4, 0.5) is 8.78 Å². The van der Waals surface area contributed by atoms with E-state index in [1.54, 1.807) is 18.2 Å². The maximum Gasteiger partial charge on any atom is 0.273 e. The number of nitriles is 2. The molecular formula is C21H13F2N3OS. The fourth-order valence-corrected chi connectivity index (χ4v) is 3.70. The number of aromatic nitrogens is 1. The van der Waals surface area contributed by atoms with Crippen molar-refractivity contribution >= 4 is 23.0 Å². The topological polar surface area (TPSA) is 69.6 Å². The van der Waals surface area contributed by atoms with Gasteiger partial charge >= 0.3 is 0 Å². The van der Waals surface area contributed by atoms with E-state index in [4.69, 9.17) is 0 Å². The number of thiazole rings is 1. The van der Waals surface area contributed by atoms with Crippen LogP contribution in [0.3, 0.4) is 0 Å². The molecule has 0 saturated heterocycles. The van der Waals surface area contributed by atoms with Crippen LogP contribution in [0, 0.1) is 34.3 Å². The second-order valence-electron chi connectivity index (χ2n) is 5.85. The predicted molar refractivity (Wildman–Crippen MR) is 103 cm³/mol. The van der Waals surface area contributed by atoms with Gasteiger partial charge in [-0.1, -0.05) is 31.2 Å². The SMILES string of the molecule is CCc1ccc(/C=c2\sc(=C(C#N)C#N)n(-c3ccc(F)cc3F)c2=O)cc1. The second kappa shape index (κ2) is 7.99. The first-order valence-corrected chi connectivity index (χ1v) is 9.12. The van der Waals surface area contributed by atoms with Crippen molar-refractivity contribution in [1.82, 2.24) is 4.57 Å². The molecule has 0 spiro atoms. The minimum absolute atomic E-state index is 0.00284. The van der Waals surface area contributed by atoms with Crippen LogP contribution in [0.2, 0.25) is 0 Å². The number of benzene rings is 2. The zero-order chi connectivity index (χ0) is 20.3. The maximum atomic E-state index is 14.3. The summed E-state index contributed by atoms with van der Waals surface area (Å²) < 4.78 is 28.7. The summed E-state index contributed by atoms with van der Waals surface area (Å²) in [5.74, 6) is -1.76. The Bertz CT molecular complexity index is 1290. The number of halogens is 2. The van der Waals surface area contributed by atoms with Crippen LogP contribution in [0.15, 0.2) is 47.3 Å². The second-order valence-corrected chi connectivity index (χ2v) is 6.88. The zero-order valence-corrected chi connectivity index (χ0v) is 15.6. The molecule has 0 saturated carbocycles. The molecule has 0 aliphatic carbocycles. The lowest BCUT2D eigenvalue weighted by atomic mass is 10.1. The highest BCUT2D eigenvalue weighted by Gasteiger charge is 2.15. The third-order valence-corrected chi connectivity index (χ3v) is 5.19. The van der Waals surface area contributed by atoms with Gasteiger partial charge in [0.15, 0.2) is 5.57 Å². The molecule has 3 aromatic rings. The average molecular weight is 393 g/mol. The number of hydrogen-bond acceptors (Lipinski definition) is 4. The summed E-state index contributed by atoms with van der Waals surface area (Å²) >= 11 is 0.908. The monoisotopic (exact) mass is 393 g/mol. The first-order chi connectivity index (χ1) is 13.5. The minimum Gasteiger partial charge on any atom is -0.267 e. The zero-order valence-electron chi connectivity index (χ0n) is 14.7. The Hall–Kier alpha value is -3.55. The molecule has 3 rings (SSSR count). The minimum atomic E-state index is -0.963. The average Bonchev–Trinajstić information content (AvgIpc) is 3.00. The van der Waals surface area contributed by atoms with Gasteiger partial charge in [0.1, 0.15) is 28.4 Å². The Kier molecular flexibility index (Phi) is 5.49. The van der Waals surface area contributed by atoms with Crippen LogP contribution < -0.4 is 14.8 Å². The van der Waals surface area contributed by atoms with Crippen LogP contribution in [-0.4, -0.2) is 4.57 Å². The summed E-state index contributed by atoms with van der Waals surface area (Å²) in [5, 5.41) is 18.5. The Morgan fingerprint density at radius 1 is 1.14 bits per heavy atom. The van der Waals surface area contributed by atoms with Crippen molar-refractivity contribution in [3.05, 3.63) is 84.8 Å². The summed E-state index contributed by atoms with van der Waals surface area (Å²) in [5.41, 5.74) is 0.755. The molecule has 0 N–H and O–H groups in total. The highest BCUT2D eigenvalue weighted by molar-refractivity contribution is 7.07. The fraction of sp³-hybridized carbons (Fsp3) is 0.0952. The lowest BCUT2D eigenvalue weighted by molar-refractivity contribution is 0.576. The molecule has 0 radical (unpaired) electrons. The van der Waals surface area contributed by atoms with E-state index in [0.29, 0.717) is 6.07 Å². The first-order valence-electron chi connectivity index (χ1n) is 8.31. The highest BCUT2D eigenvalue weighted by atomic mass is 32.1. The summed E-state index contributed by atoms with van der Waals surface area (Å²) in [7, 11) is 0. The Morgan fingerprint density at radius 2 is 1.82 bits per heavy atom. The lowest BCUT2D eigenvalue weighted by Gasteiger charge is -2.03. The highest BCUT2D eigenvalue weighted by Crippen LogP contribution is 2.12. The lowest BCUT2D eigenvalue weighted by Crippen LogP contribution is -2.31. The maximum absolute atomic E-state index is 14.3. The van der Waals surface area contributed by atoms with Gasteiger partial charge in [-0.3, -0.25) is 9.36 Å². The summed E-state index contributed by atoms with van der Waals surface area (Å²) in [6, 6.07) is 13.8. The van der Waals surface area contributed by atoms with Gasteiger partial charge < -0.3 is 0 Å². The molecule has 4 nitrogen and oxygen atoms in total. The van der Waals surface area contributed by atoms with Crippen LogP contribution >= 0.6 is 11.3 Å². The molecule has 1 aromatic heterocycles. The summed E-state index contributed by atoms with van der Waals surface area (Å²) in [4.78, 5) is 12.9. The molecule has 2 aromatic carbocycles. The Labute approximate surface area is 163 Å². The van der Waals surface area contributed by atoms with Crippen molar-refractivity contribution in [3.63, 3.8) is 0 Å². The molecular weight excluding hydrogens is 380 g/mol. The van der Waals surface area contributed by atoms with Gasteiger partial charge in [0.2, 0.25) is 0 Å². The van der Waals surface area contributed by atoms with E-state index in [2.05, 4.69) is 0 Å². The molecule has 7 heteroatoms. The van der Waals surface area contributed by atoms with Crippen molar-refractivity contribution in [1.29, 1.82) is 10.5 Å². The third-order valence-electron chi connectivity index (χ3n) is 4.10. The van der Waals surface area contributed by atoms with E-state index in [-0.39, 0.29) is 20.5 Å². The van der Waals surface area contributed by atoms with E-state index in [1.807, 2.05) is 31.2 Å².